The summed E-state index contributed by atoms with van der Waals surface area (Å²) < 4.78 is 12.2. The van der Waals surface area contributed by atoms with Crippen molar-refractivity contribution in [1.82, 2.24) is 4.90 Å². The third-order valence-corrected chi connectivity index (χ3v) is 6.44. The van der Waals surface area contributed by atoms with Crippen LogP contribution in [-0.4, -0.2) is 37.6 Å². The monoisotopic (exact) mass is 404 g/mol. The van der Waals surface area contributed by atoms with Gasteiger partial charge >= 0.3 is 0 Å². The lowest BCUT2D eigenvalue weighted by molar-refractivity contribution is 0.0394. The number of rotatable bonds is 3. The maximum atomic E-state index is 13.0. The van der Waals surface area contributed by atoms with E-state index in [4.69, 9.17) is 9.47 Å². The molecule has 0 aromatic heterocycles. The van der Waals surface area contributed by atoms with Gasteiger partial charge in [-0.1, -0.05) is 31.4 Å². The highest BCUT2D eigenvalue weighted by molar-refractivity contribution is 6.15. The Bertz CT molecular complexity index is 988. The molecule has 2 aromatic rings. The van der Waals surface area contributed by atoms with Crippen molar-refractivity contribution in [3.8, 4) is 11.5 Å². The summed E-state index contributed by atoms with van der Waals surface area (Å²) in [5.74, 6) is 1.84. The first kappa shape index (κ1) is 19.2. The number of allylic oxidation sites excluding steroid dienone is 1. The van der Waals surface area contributed by atoms with E-state index in [1.54, 1.807) is 0 Å². The predicted molar refractivity (Wildman–Crippen MR) is 118 cm³/mol. The summed E-state index contributed by atoms with van der Waals surface area (Å²) in [6.45, 7) is 1.40. The normalized spacial score (nSPS) is 20.5. The van der Waals surface area contributed by atoms with Gasteiger partial charge in [-0.25, -0.2) is 0 Å². The zero-order valence-corrected chi connectivity index (χ0v) is 17.7. The summed E-state index contributed by atoms with van der Waals surface area (Å²) in [4.78, 5) is 17.4. The molecule has 0 spiro atoms. The molecule has 1 aliphatic carbocycles. The van der Waals surface area contributed by atoms with Crippen LogP contribution in [0.5, 0.6) is 11.5 Å². The fraction of sp³-hybridized carbons (Fsp3) is 0.400. The molecule has 5 heteroatoms. The number of hydrogen-bond donors (Lipinski definition) is 0. The van der Waals surface area contributed by atoms with E-state index in [9.17, 15) is 4.79 Å². The van der Waals surface area contributed by atoms with Gasteiger partial charge in [0.2, 0.25) is 5.78 Å². The Morgan fingerprint density at radius 2 is 1.80 bits per heavy atom. The fourth-order valence-electron chi connectivity index (χ4n) is 4.68. The number of ether oxygens (including phenoxy) is 2. The lowest BCUT2D eigenvalue weighted by Crippen LogP contribution is -2.41. The number of carbonyl (C=O) groups excluding carboxylic acids is 1. The Morgan fingerprint density at radius 1 is 1.03 bits per heavy atom. The van der Waals surface area contributed by atoms with Crippen LogP contribution in [0.3, 0.4) is 0 Å². The number of ketones is 1. The van der Waals surface area contributed by atoms with E-state index in [2.05, 4.69) is 4.90 Å². The second-order valence-electron chi connectivity index (χ2n) is 8.66. The van der Waals surface area contributed by atoms with Crippen LogP contribution in [0.2, 0.25) is 0 Å². The predicted octanol–water partition coefficient (Wildman–Crippen LogP) is 4.85. The zero-order chi connectivity index (χ0) is 20.7. The molecule has 0 radical (unpaired) electrons. The quantitative estimate of drug-likeness (QED) is 0.684. The number of carbonyl (C=O) groups is 1. The third-order valence-electron chi connectivity index (χ3n) is 6.44. The van der Waals surface area contributed by atoms with Crippen LogP contribution in [0.15, 0.2) is 42.2 Å². The van der Waals surface area contributed by atoms with Gasteiger partial charge in [0.25, 0.3) is 0 Å². The Labute approximate surface area is 177 Å². The second kappa shape index (κ2) is 7.80. The maximum absolute atomic E-state index is 13.0. The van der Waals surface area contributed by atoms with E-state index in [0.717, 1.165) is 29.1 Å². The molecule has 0 saturated heterocycles. The molecular weight excluding hydrogens is 376 g/mol. The first-order chi connectivity index (χ1) is 14.6. The van der Waals surface area contributed by atoms with Crippen LogP contribution >= 0.6 is 0 Å². The van der Waals surface area contributed by atoms with Crippen molar-refractivity contribution in [2.45, 2.75) is 44.7 Å². The van der Waals surface area contributed by atoms with Gasteiger partial charge in [0.05, 0.1) is 11.1 Å². The average molecular weight is 405 g/mol. The second-order valence-corrected chi connectivity index (χ2v) is 8.66. The van der Waals surface area contributed by atoms with Crippen molar-refractivity contribution < 1.29 is 14.3 Å². The summed E-state index contributed by atoms with van der Waals surface area (Å²) in [6.07, 6.45) is 8.18. The summed E-state index contributed by atoms with van der Waals surface area (Å²) in [5.41, 5.74) is 3.71. The first-order valence-electron chi connectivity index (χ1n) is 10.8. The fourth-order valence-corrected chi connectivity index (χ4v) is 4.68. The largest absolute Gasteiger partial charge is 0.478 e. The van der Waals surface area contributed by atoms with E-state index in [1.807, 2.05) is 61.5 Å². The van der Waals surface area contributed by atoms with E-state index in [0.29, 0.717) is 29.8 Å². The van der Waals surface area contributed by atoms with Gasteiger partial charge in [0.15, 0.2) is 5.76 Å². The molecule has 5 rings (SSSR count). The van der Waals surface area contributed by atoms with Crippen molar-refractivity contribution in [3.05, 3.63) is 58.8 Å². The molecule has 2 heterocycles. The molecular formula is C25H28N2O3. The van der Waals surface area contributed by atoms with Crippen LogP contribution in [0.4, 0.5) is 5.69 Å². The lowest BCUT2D eigenvalue weighted by Gasteiger charge is -2.37. The highest BCUT2D eigenvalue weighted by Crippen LogP contribution is 2.43. The molecule has 0 amide bonds. The van der Waals surface area contributed by atoms with Crippen LogP contribution in [0.25, 0.3) is 6.08 Å². The molecule has 5 nitrogen and oxygen atoms in total. The zero-order valence-electron chi connectivity index (χ0n) is 17.7. The average Bonchev–Trinajstić information content (AvgIpc) is 3.10. The van der Waals surface area contributed by atoms with Gasteiger partial charge < -0.3 is 14.4 Å². The molecule has 156 valence electrons. The number of anilines is 1. The number of Topliss-reactive ketones (excluding diaryl/α,β-unsaturated/α-hetero) is 1. The standard InChI is InChI=1S/C25H28N2O3/c1-26(2)18-10-8-17(9-11-18)14-23-24(28)20-12-13-22-21(25(20)30-23)15-27(16-29-22)19-6-4-3-5-7-19/h8-14,19H,3-7,15-16H2,1-2H3/b23-14+. The molecule has 0 unspecified atom stereocenters. The molecule has 1 fully saturated rings. The maximum Gasteiger partial charge on any atom is 0.231 e. The van der Waals surface area contributed by atoms with Crippen molar-refractivity contribution in [2.24, 2.45) is 0 Å². The number of fused-ring (bicyclic) bond motifs is 3. The van der Waals surface area contributed by atoms with Gasteiger partial charge in [-0.05, 0) is 48.7 Å². The Balaban J connectivity index is 1.41. The van der Waals surface area contributed by atoms with Gasteiger partial charge in [0.1, 0.15) is 18.2 Å². The SMILES string of the molecule is CN(C)c1ccc(/C=C2/Oc3c(ccc4c3CN(C3CCCCC3)CO4)C2=O)cc1. The van der Waals surface area contributed by atoms with Crippen LogP contribution in [0.1, 0.15) is 53.6 Å². The molecule has 0 atom stereocenters. The molecule has 0 bridgehead atoms. The molecule has 0 N–H and O–H groups in total. The minimum atomic E-state index is -0.0562. The Hall–Kier alpha value is -2.79. The van der Waals surface area contributed by atoms with Gasteiger partial charge in [-0.2, -0.15) is 0 Å². The first-order valence-corrected chi connectivity index (χ1v) is 10.8. The van der Waals surface area contributed by atoms with Crippen molar-refractivity contribution in [2.75, 3.05) is 25.7 Å². The van der Waals surface area contributed by atoms with Crippen LogP contribution < -0.4 is 14.4 Å². The van der Waals surface area contributed by atoms with E-state index < -0.39 is 0 Å². The molecule has 30 heavy (non-hydrogen) atoms. The summed E-state index contributed by atoms with van der Waals surface area (Å²) >= 11 is 0. The van der Waals surface area contributed by atoms with Crippen molar-refractivity contribution >= 4 is 17.5 Å². The topological polar surface area (TPSA) is 42.0 Å². The minimum absolute atomic E-state index is 0.0562. The number of hydrogen-bond acceptors (Lipinski definition) is 5. The molecule has 3 aliphatic rings. The van der Waals surface area contributed by atoms with E-state index in [1.165, 1.54) is 32.1 Å². The van der Waals surface area contributed by atoms with E-state index >= 15 is 0 Å². The van der Waals surface area contributed by atoms with Crippen LogP contribution in [0, 0.1) is 0 Å². The lowest BCUT2D eigenvalue weighted by atomic mass is 9.93. The molecule has 2 aromatic carbocycles. The number of nitrogens with zero attached hydrogens (tertiary/aromatic N) is 2. The van der Waals surface area contributed by atoms with Gasteiger partial charge in [0, 0.05) is 32.4 Å². The van der Waals surface area contributed by atoms with Crippen molar-refractivity contribution in [3.63, 3.8) is 0 Å². The smallest absolute Gasteiger partial charge is 0.231 e. The molecule has 1 saturated carbocycles. The summed E-state index contributed by atoms with van der Waals surface area (Å²) in [7, 11) is 4.02. The minimum Gasteiger partial charge on any atom is -0.478 e. The highest BCUT2D eigenvalue weighted by Gasteiger charge is 2.35. The number of benzene rings is 2. The van der Waals surface area contributed by atoms with E-state index in [-0.39, 0.29) is 5.78 Å². The van der Waals surface area contributed by atoms with Crippen molar-refractivity contribution in [1.29, 1.82) is 0 Å². The summed E-state index contributed by atoms with van der Waals surface area (Å²) in [5, 5.41) is 0. The summed E-state index contributed by atoms with van der Waals surface area (Å²) in [6, 6.07) is 12.4. The molecule has 2 aliphatic heterocycles. The van der Waals surface area contributed by atoms with Gasteiger partial charge in [-0.15, -0.1) is 0 Å². The third kappa shape index (κ3) is 3.47. The van der Waals surface area contributed by atoms with Gasteiger partial charge in [-0.3, -0.25) is 9.69 Å². The van der Waals surface area contributed by atoms with Crippen LogP contribution in [-0.2, 0) is 6.54 Å². The Kier molecular flexibility index (Phi) is 4.99. The highest BCUT2D eigenvalue weighted by atomic mass is 16.5. The Morgan fingerprint density at radius 3 is 2.53 bits per heavy atom.